The minimum absolute atomic E-state index is 0.106. The average molecular weight is 285 g/mol. The van der Waals surface area contributed by atoms with Crippen LogP contribution in [-0.4, -0.2) is 12.0 Å². The molecular weight excluding hydrogens is 274 g/mol. The predicted molar refractivity (Wildman–Crippen MR) is 67.4 cm³/mol. The quantitative estimate of drug-likeness (QED) is 0.846. The van der Waals surface area contributed by atoms with Crippen molar-refractivity contribution < 1.29 is 17.6 Å². The van der Waals surface area contributed by atoms with Crippen molar-refractivity contribution in [3.63, 3.8) is 0 Å². The zero-order valence-electron chi connectivity index (χ0n) is 10.5. The van der Waals surface area contributed by atoms with Crippen LogP contribution < -0.4 is 10.6 Å². The zero-order chi connectivity index (χ0) is 14.7. The van der Waals surface area contributed by atoms with Gasteiger partial charge in [0.25, 0.3) is 0 Å². The van der Waals surface area contributed by atoms with Gasteiger partial charge in [-0.3, -0.25) is 0 Å². The van der Waals surface area contributed by atoms with Gasteiger partial charge in [-0.15, -0.1) is 0 Å². The Morgan fingerprint density at radius 3 is 2.30 bits per heavy atom. The average Bonchev–Trinajstić information content (AvgIpc) is 2.39. The molecule has 0 saturated carbocycles. The van der Waals surface area contributed by atoms with Crippen LogP contribution in [0.1, 0.15) is 5.56 Å². The van der Waals surface area contributed by atoms with Crippen LogP contribution in [0.15, 0.2) is 24.3 Å². The fraction of sp³-hybridized carbons (Fsp3) is 0.154. The summed E-state index contributed by atoms with van der Waals surface area (Å²) >= 11 is 0. The lowest BCUT2D eigenvalue weighted by atomic mass is 10.2. The number of nitrogens with one attached hydrogen (secondary N) is 2. The molecule has 0 radical (unpaired) electrons. The van der Waals surface area contributed by atoms with E-state index in [9.17, 15) is 17.6 Å². The van der Waals surface area contributed by atoms with Gasteiger partial charge in [0.2, 0.25) is 0 Å². The number of nitrogens with zero attached hydrogens (tertiary/aromatic N) is 1. The topological polar surface area (TPSA) is 37.0 Å². The smallest absolute Gasteiger partial charge is 0.168 e. The summed E-state index contributed by atoms with van der Waals surface area (Å²) in [5, 5.41) is 5.00. The predicted octanol–water partition coefficient (Wildman–Crippen LogP) is 3.29. The molecule has 0 aliphatic heterocycles. The molecule has 0 fully saturated rings. The highest BCUT2D eigenvalue weighted by Crippen LogP contribution is 2.19. The third-order valence-electron chi connectivity index (χ3n) is 2.63. The van der Waals surface area contributed by atoms with Gasteiger partial charge in [-0.25, -0.2) is 22.5 Å². The van der Waals surface area contributed by atoms with Gasteiger partial charge in [0.1, 0.15) is 11.6 Å². The van der Waals surface area contributed by atoms with E-state index in [4.69, 9.17) is 0 Å². The largest absolute Gasteiger partial charge is 0.371 e. The maximum atomic E-state index is 13.5. The van der Waals surface area contributed by atoms with Gasteiger partial charge in [0.05, 0.1) is 0 Å². The Kier molecular flexibility index (Phi) is 4.07. The van der Waals surface area contributed by atoms with E-state index in [-0.39, 0.29) is 23.7 Å². The lowest BCUT2D eigenvalue weighted by Crippen LogP contribution is -2.08. The first-order valence-corrected chi connectivity index (χ1v) is 5.73. The van der Waals surface area contributed by atoms with Gasteiger partial charge in [-0.2, -0.15) is 0 Å². The molecule has 0 atom stereocenters. The van der Waals surface area contributed by atoms with Crippen molar-refractivity contribution in [2.75, 3.05) is 17.7 Å². The Bertz CT molecular complexity index is 631. The van der Waals surface area contributed by atoms with E-state index in [1.165, 1.54) is 13.1 Å². The molecule has 1 aromatic carbocycles. The van der Waals surface area contributed by atoms with E-state index < -0.39 is 23.3 Å². The molecule has 2 rings (SSSR count). The summed E-state index contributed by atoms with van der Waals surface area (Å²) < 4.78 is 52.8. The molecule has 0 amide bonds. The number of anilines is 2. The van der Waals surface area contributed by atoms with Crippen LogP contribution in [0.4, 0.5) is 29.2 Å². The molecule has 2 N–H and O–H groups in total. The Morgan fingerprint density at radius 1 is 0.950 bits per heavy atom. The van der Waals surface area contributed by atoms with Gasteiger partial charge in [0.15, 0.2) is 23.3 Å². The zero-order valence-corrected chi connectivity index (χ0v) is 10.5. The molecule has 20 heavy (non-hydrogen) atoms. The lowest BCUT2D eigenvalue weighted by Gasteiger charge is -2.10. The molecule has 1 aromatic heterocycles. The molecule has 1 heterocycles. The number of pyridine rings is 1. The van der Waals surface area contributed by atoms with Gasteiger partial charge in [-0.05, 0) is 6.07 Å². The van der Waals surface area contributed by atoms with Crippen LogP contribution in [0.2, 0.25) is 0 Å². The van der Waals surface area contributed by atoms with Crippen molar-refractivity contribution in [2.24, 2.45) is 0 Å². The molecule has 0 unspecified atom stereocenters. The number of aromatic nitrogens is 1. The molecular formula is C13H11F4N3. The van der Waals surface area contributed by atoms with E-state index in [2.05, 4.69) is 15.6 Å². The Labute approximate surface area is 112 Å². The summed E-state index contributed by atoms with van der Waals surface area (Å²) in [6.45, 7) is -0.106. The molecule has 106 valence electrons. The second kappa shape index (κ2) is 5.77. The Morgan fingerprint density at radius 2 is 1.65 bits per heavy atom. The monoisotopic (exact) mass is 285 g/mol. The summed E-state index contributed by atoms with van der Waals surface area (Å²) in [5.74, 6) is -3.54. The van der Waals surface area contributed by atoms with Gasteiger partial charge >= 0.3 is 0 Å². The summed E-state index contributed by atoms with van der Waals surface area (Å²) in [4.78, 5) is 3.68. The molecule has 2 aromatic rings. The van der Waals surface area contributed by atoms with E-state index in [1.807, 2.05) is 0 Å². The first kappa shape index (κ1) is 14.1. The number of benzene rings is 1. The Balaban J connectivity index is 2.18. The molecule has 7 heteroatoms. The summed E-state index contributed by atoms with van der Waals surface area (Å²) in [7, 11) is 1.44. The number of hydrogen-bond acceptors (Lipinski definition) is 3. The molecule has 0 bridgehead atoms. The van der Waals surface area contributed by atoms with Crippen molar-refractivity contribution in [1.82, 2.24) is 4.98 Å². The minimum Gasteiger partial charge on any atom is -0.371 e. The fourth-order valence-corrected chi connectivity index (χ4v) is 1.61. The molecule has 3 nitrogen and oxygen atoms in total. The third-order valence-corrected chi connectivity index (χ3v) is 2.63. The number of halogens is 4. The number of hydrogen-bond donors (Lipinski definition) is 2. The molecule has 0 aliphatic rings. The van der Waals surface area contributed by atoms with Crippen LogP contribution in [0, 0.1) is 23.3 Å². The normalized spacial score (nSPS) is 10.4. The van der Waals surface area contributed by atoms with Crippen LogP contribution >= 0.6 is 0 Å². The van der Waals surface area contributed by atoms with Gasteiger partial charge in [-0.1, -0.05) is 6.07 Å². The van der Waals surface area contributed by atoms with E-state index in [0.717, 1.165) is 12.1 Å². The molecule has 0 aliphatic carbocycles. The van der Waals surface area contributed by atoms with Crippen molar-refractivity contribution in [3.8, 4) is 0 Å². The Hall–Kier alpha value is -2.31. The van der Waals surface area contributed by atoms with Crippen LogP contribution in [0.5, 0.6) is 0 Å². The second-order valence-electron chi connectivity index (χ2n) is 3.99. The highest BCUT2D eigenvalue weighted by Gasteiger charge is 2.11. The maximum Gasteiger partial charge on any atom is 0.168 e. The highest BCUT2D eigenvalue weighted by molar-refractivity contribution is 5.47. The summed E-state index contributed by atoms with van der Waals surface area (Å²) in [6, 6.07) is 3.72. The van der Waals surface area contributed by atoms with Crippen molar-refractivity contribution in [2.45, 2.75) is 6.54 Å². The van der Waals surface area contributed by atoms with Crippen molar-refractivity contribution in [3.05, 3.63) is 53.1 Å². The van der Waals surface area contributed by atoms with Crippen LogP contribution in [0.25, 0.3) is 0 Å². The third kappa shape index (κ3) is 2.98. The molecule has 0 saturated heterocycles. The van der Waals surface area contributed by atoms with E-state index in [0.29, 0.717) is 6.07 Å². The lowest BCUT2D eigenvalue weighted by molar-refractivity contribution is 0.570. The van der Waals surface area contributed by atoms with Gasteiger partial charge in [0, 0.05) is 31.3 Å². The second-order valence-corrected chi connectivity index (χ2v) is 3.99. The highest BCUT2D eigenvalue weighted by atomic mass is 19.1. The summed E-state index contributed by atoms with van der Waals surface area (Å²) in [6.07, 6.45) is 0. The maximum absolute atomic E-state index is 13.5. The van der Waals surface area contributed by atoms with E-state index in [1.54, 1.807) is 0 Å². The van der Waals surface area contributed by atoms with Crippen LogP contribution in [0.3, 0.4) is 0 Å². The van der Waals surface area contributed by atoms with Crippen molar-refractivity contribution >= 4 is 11.6 Å². The first-order chi connectivity index (χ1) is 9.51. The SMILES string of the molecule is CNc1nc(NCc2ccc(F)cc2F)c(F)cc1F. The van der Waals surface area contributed by atoms with Crippen LogP contribution in [-0.2, 0) is 6.54 Å². The van der Waals surface area contributed by atoms with Gasteiger partial charge < -0.3 is 10.6 Å². The van der Waals surface area contributed by atoms with Crippen molar-refractivity contribution in [1.29, 1.82) is 0 Å². The first-order valence-electron chi connectivity index (χ1n) is 5.73. The summed E-state index contributed by atoms with van der Waals surface area (Å²) in [5.41, 5.74) is 0.142. The molecule has 0 spiro atoms. The minimum atomic E-state index is -0.899. The standard InChI is InChI=1S/C13H11F4N3/c1-18-12-10(16)5-11(17)13(20-12)19-6-7-2-3-8(14)4-9(7)15/h2-5H,6H2,1H3,(H2,18,19,20). The fourth-order valence-electron chi connectivity index (χ4n) is 1.61. The van der Waals surface area contributed by atoms with E-state index >= 15 is 0 Å². The number of rotatable bonds is 4.